The van der Waals surface area contributed by atoms with Gasteiger partial charge in [0.25, 0.3) is 11.6 Å². The largest absolute Gasteiger partial charge is 0.331 e. The molecule has 0 N–H and O–H groups in total. The molecule has 1 heterocycles. The van der Waals surface area contributed by atoms with Crippen molar-refractivity contribution in [2.24, 2.45) is 5.92 Å². The zero-order valence-corrected chi connectivity index (χ0v) is 10.9. The summed E-state index contributed by atoms with van der Waals surface area (Å²) in [7, 11) is 1.44. The van der Waals surface area contributed by atoms with E-state index in [0.29, 0.717) is 5.56 Å². The quantitative estimate of drug-likeness (QED) is 0.353. The average molecular weight is 276 g/mol. The monoisotopic (exact) mass is 276 g/mol. The summed E-state index contributed by atoms with van der Waals surface area (Å²) in [6, 6.07) is 4.79. The number of hydrogen-bond donors (Lipinski definition) is 0. The van der Waals surface area contributed by atoms with Crippen LogP contribution >= 0.6 is 0 Å². The summed E-state index contributed by atoms with van der Waals surface area (Å²) >= 11 is 0. The first kappa shape index (κ1) is 13.9. The highest BCUT2D eigenvalue weighted by atomic mass is 16.6. The van der Waals surface area contributed by atoms with Crippen molar-refractivity contribution in [2.75, 3.05) is 7.05 Å². The van der Waals surface area contributed by atoms with Crippen molar-refractivity contribution in [1.29, 1.82) is 0 Å². The Labute approximate surface area is 114 Å². The number of likely N-dealkylation sites (N-methyl/N-ethyl adjacent to an activating group) is 1. The molecule has 7 nitrogen and oxygen atoms in total. The summed E-state index contributed by atoms with van der Waals surface area (Å²) in [6.07, 6.45) is 0. The summed E-state index contributed by atoms with van der Waals surface area (Å²) in [4.78, 5) is 46.4. The van der Waals surface area contributed by atoms with Gasteiger partial charge in [-0.1, -0.05) is 12.1 Å². The number of nitro groups is 1. The minimum atomic E-state index is -1.05. The van der Waals surface area contributed by atoms with Crippen LogP contribution in [-0.4, -0.2) is 34.3 Å². The standard InChI is InChI=1S/C13H12N2O5/c1-7(16)10-11(14(2)13(18)12(10)17)8-3-5-9(6-4-8)15(19)20/h3-6,10-11H,1-2H3. The zero-order chi connectivity index (χ0) is 15.0. The van der Waals surface area contributed by atoms with Crippen molar-refractivity contribution in [3.8, 4) is 0 Å². The number of hydrogen-bond acceptors (Lipinski definition) is 5. The molecule has 1 amide bonds. The van der Waals surface area contributed by atoms with E-state index in [1.807, 2.05) is 0 Å². The van der Waals surface area contributed by atoms with Gasteiger partial charge in [-0.05, 0) is 12.5 Å². The lowest BCUT2D eigenvalue weighted by molar-refractivity contribution is -0.384. The topological polar surface area (TPSA) is 97.6 Å². The number of non-ortho nitro benzene ring substituents is 1. The molecule has 1 aliphatic heterocycles. The normalized spacial score (nSPS) is 22.2. The Morgan fingerprint density at radius 1 is 1.25 bits per heavy atom. The fourth-order valence-corrected chi connectivity index (χ4v) is 2.42. The Hall–Kier alpha value is -2.57. The molecule has 1 aromatic carbocycles. The third-order valence-electron chi connectivity index (χ3n) is 3.43. The maximum absolute atomic E-state index is 11.8. The third kappa shape index (κ3) is 2.07. The number of carbonyl (C=O) groups is 3. The number of benzene rings is 1. The second-order valence-electron chi connectivity index (χ2n) is 4.66. The van der Waals surface area contributed by atoms with Crippen LogP contribution in [-0.2, 0) is 14.4 Å². The van der Waals surface area contributed by atoms with E-state index in [0.717, 1.165) is 0 Å². The van der Waals surface area contributed by atoms with Gasteiger partial charge in [-0.2, -0.15) is 0 Å². The van der Waals surface area contributed by atoms with E-state index < -0.39 is 34.4 Å². The van der Waals surface area contributed by atoms with E-state index >= 15 is 0 Å². The molecule has 2 unspecified atom stereocenters. The second kappa shape index (κ2) is 4.84. The zero-order valence-electron chi connectivity index (χ0n) is 10.9. The van der Waals surface area contributed by atoms with E-state index in [4.69, 9.17) is 0 Å². The predicted octanol–water partition coefficient (Wildman–Crippen LogP) is 0.882. The number of Topliss-reactive ketones (excluding diaryl/α,β-unsaturated/α-hetero) is 2. The van der Waals surface area contributed by atoms with Gasteiger partial charge >= 0.3 is 0 Å². The number of likely N-dealkylation sites (tertiary alicyclic amines) is 1. The van der Waals surface area contributed by atoms with Crippen LogP contribution in [0.2, 0.25) is 0 Å². The number of rotatable bonds is 3. The molecule has 1 aromatic rings. The van der Waals surface area contributed by atoms with Gasteiger partial charge in [-0.15, -0.1) is 0 Å². The minimum absolute atomic E-state index is 0.0913. The highest BCUT2D eigenvalue weighted by Crippen LogP contribution is 2.35. The van der Waals surface area contributed by atoms with Crippen LogP contribution in [0, 0.1) is 16.0 Å². The van der Waals surface area contributed by atoms with Crippen molar-refractivity contribution < 1.29 is 19.3 Å². The van der Waals surface area contributed by atoms with Gasteiger partial charge in [0.2, 0.25) is 5.78 Å². The molecule has 0 bridgehead atoms. The molecule has 7 heteroatoms. The second-order valence-corrected chi connectivity index (χ2v) is 4.66. The molecule has 104 valence electrons. The van der Waals surface area contributed by atoms with Gasteiger partial charge in [0.1, 0.15) is 11.7 Å². The Morgan fingerprint density at radius 2 is 1.80 bits per heavy atom. The first-order valence-electron chi connectivity index (χ1n) is 5.90. The molecule has 2 atom stereocenters. The van der Waals surface area contributed by atoms with Gasteiger partial charge in [-0.25, -0.2) is 0 Å². The maximum atomic E-state index is 11.8. The lowest BCUT2D eigenvalue weighted by Gasteiger charge is -2.22. The predicted molar refractivity (Wildman–Crippen MR) is 67.8 cm³/mol. The van der Waals surface area contributed by atoms with Gasteiger partial charge in [0.15, 0.2) is 0 Å². The van der Waals surface area contributed by atoms with Crippen LogP contribution in [0.4, 0.5) is 5.69 Å². The molecule has 20 heavy (non-hydrogen) atoms. The molecule has 1 saturated heterocycles. The van der Waals surface area contributed by atoms with Crippen LogP contribution < -0.4 is 0 Å². The highest BCUT2D eigenvalue weighted by molar-refractivity contribution is 6.42. The van der Waals surface area contributed by atoms with Gasteiger partial charge in [0.05, 0.1) is 11.0 Å². The summed E-state index contributed by atoms with van der Waals surface area (Å²) in [6.45, 7) is 1.26. The van der Waals surface area contributed by atoms with Gasteiger partial charge in [-0.3, -0.25) is 24.5 Å². The summed E-state index contributed by atoms with van der Waals surface area (Å²) < 4.78 is 0. The summed E-state index contributed by atoms with van der Waals surface area (Å²) in [5, 5.41) is 10.6. The Bertz CT molecular complexity index is 608. The molecule has 0 aliphatic carbocycles. The Kier molecular flexibility index (Phi) is 3.35. The van der Waals surface area contributed by atoms with Crippen molar-refractivity contribution in [1.82, 2.24) is 4.90 Å². The average Bonchev–Trinajstić information content (AvgIpc) is 2.63. The van der Waals surface area contributed by atoms with E-state index in [9.17, 15) is 24.5 Å². The molecule has 2 rings (SSSR count). The number of carbonyl (C=O) groups excluding carboxylic acids is 3. The number of nitro benzene ring substituents is 1. The Morgan fingerprint density at radius 3 is 2.25 bits per heavy atom. The lowest BCUT2D eigenvalue weighted by atomic mass is 9.90. The molecular formula is C13H12N2O5. The molecular weight excluding hydrogens is 264 g/mol. The lowest BCUT2D eigenvalue weighted by Crippen LogP contribution is -2.26. The molecule has 1 aliphatic rings. The third-order valence-corrected chi connectivity index (χ3v) is 3.43. The number of ketones is 2. The van der Waals surface area contributed by atoms with Crippen LogP contribution in [0.25, 0.3) is 0 Å². The van der Waals surface area contributed by atoms with Crippen molar-refractivity contribution in [3.05, 3.63) is 39.9 Å². The number of nitrogens with zero attached hydrogens (tertiary/aromatic N) is 2. The van der Waals surface area contributed by atoms with E-state index in [-0.39, 0.29) is 5.69 Å². The SMILES string of the molecule is CC(=O)C1C(=O)C(=O)N(C)C1c1ccc([N+](=O)[O-])cc1. The summed E-state index contributed by atoms with van der Waals surface area (Å²) in [5.41, 5.74) is 0.434. The Balaban J connectivity index is 2.43. The van der Waals surface area contributed by atoms with Gasteiger partial charge in [0, 0.05) is 19.2 Å². The van der Waals surface area contributed by atoms with E-state index in [2.05, 4.69) is 0 Å². The first-order valence-corrected chi connectivity index (χ1v) is 5.90. The van der Waals surface area contributed by atoms with Crippen LogP contribution in [0.5, 0.6) is 0 Å². The minimum Gasteiger partial charge on any atom is -0.331 e. The van der Waals surface area contributed by atoms with Gasteiger partial charge < -0.3 is 4.90 Å². The smallest absolute Gasteiger partial charge is 0.291 e. The summed E-state index contributed by atoms with van der Waals surface area (Å²) in [5.74, 6) is -2.89. The van der Waals surface area contributed by atoms with Crippen LogP contribution in [0.15, 0.2) is 24.3 Å². The molecule has 0 spiro atoms. The van der Waals surface area contributed by atoms with Crippen LogP contribution in [0.1, 0.15) is 18.5 Å². The van der Waals surface area contributed by atoms with Crippen molar-refractivity contribution >= 4 is 23.2 Å². The maximum Gasteiger partial charge on any atom is 0.291 e. The fourth-order valence-electron chi connectivity index (χ4n) is 2.42. The van der Waals surface area contributed by atoms with E-state index in [1.54, 1.807) is 0 Å². The first-order chi connectivity index (χ1) is 9.34. The number of amides is 1. The van der Waals surface area contributed by atoms with Crippen molar-refractivity contribution in [2.45, 2.75) is 13.0 Å². The highest BCUT2D eigenvalue weighted by Gasteiger charge is 2.48. The molecule has 0 radical (unpaired) electrons. The van der Waals surface area contributed by atoms with Crippen LogP contribution in [0.3, 0.4) is 0 Å². The molecule has 0 aromatic heterocycles. The van der Waals surface area contributed by atoms with Crippen molar-refractivity contribution in [3.63, 3.8) is 0 Å². The molecule has 1 fully saturated rings. The molecule has 0 saturated carbocycles. The fraction of sp³-hybridized carbons (Fsp3) is 0.308. The van der Waals surface area contributed by atoms with E-state index in [1.165, 1.54) is 43.1 Å².